The van der Waals surface area contributed by atoms with Crippen LogP contribution in [0.2, 0.25) is 0 Å². The lowest BCUT2D eigenvalue weighted by Crippen LogP contribution is -2.14. The summed E-state index contributed by atoms with van der Waals surface area (Å²) in [5.41, 5.74) is 0. The fourth-order valence-corrected chi connectivity index (χ4v) is 1.27. The second-order valence-corrected chi connectivity index (χ2v) is 2.78. The zero-order chi connectivity index (χ0) is 8.69. The third kappa shape index (κ3) is 4.14. The maximum absolute atomic E-state index is 5.23. The van der Waals surface area contributed by atoms with Gasteiger partial charge in [0.25, 0.3) is 0 Å². The third-order valence-corrected chi connectivity index (χ3v) is 2.02. The van der Waals surface area contributed by atoms with Gasteiger partial charge in [-0.2, -0.15) is 0 Å². The van der Waals surface area contributed by atoms with Crippen molar-refractivity contribution in [3.8, 4) is 0 Å². The molecule has 11 heavy (non-hydrogen) atoms. The van der Waals surface area contributed by atoms with Gasteiger partial charge in [0.1, 0.15) is 0 Å². The molecule has 0 rings (SSSR count). The van der Waals surface area contributed by atoms with Crippen molar-refractivity contribution in [2.75, 3.05) is 6.61 Å². The van der Waals surface area contributed by atoms with Gasteiger partial charge in [0, 0.05) is 5.92 Å². The molecule has 64 valence electrons. The molecule has 0 spiro atoms. The minimum Gasteiger partial charge on any atom is -0.487 e. The number of ether oxygens (including phenoxy) is 1. The molecule has 1 nitrogen and oxygen atoms in total. The molecular weight excluding hydrogens is 156 g/mol. The van der Waals surface area contributed by atoms with E-state index >= 15 is 0 Å². The number of rotatable bonds is 5. The molecule has 1 atom stereocenters. The third-order valence-electron chi connectivity index (χ3n) is 1.56. The molecule has 0 aliphatic rings. The Morgan fingerprint density at radius 2 is 2.27 bits per heavy atom. The Bertz CT molecular complexity index is 132. The molecule has 0 heterocycles. The van der Waals surface area contributed by atoms with Crippen LogP contribution >= 0.6 is 12.2 Å². The van der Waals surface area contributed by atoms with Gasteiger partial charge in [-0.15, -0.1) is 6.58 Å². The smallest absolute Gasteiger partial charge is 0.163 e. The minimum atomic E-state index is 0.377. The number of hydrogen-bond donors (Lipinski definition) is 0. The molecule has 0 fully saturated rings. The fraction of sp³-hybridized carbons (Fsp3) is 0.667. The Kier molecular flexibility index (Phi) is 6.13. The highest BCUT2D eigenvalue weighted by molar-refractivity contribution is 7.80. The van der Waals surface area contributed by atoms with Crippen LogP contribution in [0.1, 0.15) is 26.7 Å². The second kappa shape index (κ2) is 6.35. The van der Waals surface area contributed by atoms with Gasteiger partial charge in [-0.3, -0.25) is 0 Å². The van der Waals surface area contributed by atoms with Gasteiger partial charge in [-0.05, 0) is 32.0 Å². The lowest BCUT2D eigenvalue weighted by atomic mass is 10.0. The molecule has 2 heteroatoms. The summed E-state index contributed by atoms with van der Waals surface area (Å²) in [6.07, 6.45) is 3.85. The predicted octanol–water partition coefficient (Wildman–Crippen LogP) is 2.95. The van der Waals surface area contributed by atoms with Gasteiger partial charge in [-0.1, -0.05) is 13.0 Å². The maximum atomic E-state index is 5.23. The van der Waals surface area contributed by atoms with E-state index in [0.717, 1.165) is 17.9 Å². The quantitative estimate of drug-likeness (QED) is 0.466. The Balaban J connectivity index is 3.80. The van der Waals surface area contributed by atoms with Crippen molar-refractivity contribution in [1.29, 1.82) is 0 Å². The van der Waals surface area contributed by atoms with Gasteiger partial charge in [0.15, 0.2) is 5.05 Å². The zero-order valence-electron chi connectivity index (χ0n) is 7.30. The highest BCUT2D eigenvalue weighted by Gasteiger charge is 2.10. The molecule has 0 bridgehead atoms. The van der Waals surface area contributed by atoms with E-state index in [1.165, 1.54) is 0 Å². The van der Waals surface area contributed by atoms with Crippen LogP contribution < -0.4 is 0 Å². The van der Waals surface area contributed by atoms with E-state index < -0.39 is 0 Å². The van der Waals surface area contributed by atoms with Gasteiger partial charge in [0.2, 0.25) is 0 Å². The van der Waals surface area contributed by atoms with E-state index in [-0.39, 0.29) is 0 Å². The SMILES string of the molecule is C=CCC(CC)C(=S)OCC. The van der Waals surface area contributed by atoms with E-state index in [4.69, 9.17) is 17.0 Å². The lowest BCUT2D eigenvalue weighted by Gasteiger charge is -2.13. The summed E-state index contributed by atoms with van der Waals surface area (Å²) >= 11 is 5.07. The first-order valence-corrected chi connectivity index (χ1v) is 4.44. The first kappa shape index (κ1) is 10.6. The van der Waals surface area contributed by atoms with E-state index in [0.29, 0.717) is 12.5 Å². The van der Waals surface area contributed by atoms with Gasteiger partial charge in [-0.25, -0.2) is 0 Å². The summed E-state index contributed by atoms with van der Waals surface area (Å²) in [4.78, 5) is 0. The molecule has 0 radical (unpaired) electrons. The normalized spacial score (nSPS) is 12.2. The first-order chi connectivity index (χ1) is 5.26. The molecule has 0 aromatic carbocycles. The minimum absolute atomic E-state index is 0.377. The highest BCUT2D eigenvalue weighted by atomic mass is 32.1. The van der Waals surface area contributed by atoms with E-state index in [2.05, 4.69) is 13.5 Å². The topological polar surface area (TPSA) is 9.23 Å². The largest absolute Gasteiger partial charge is 0.487 e. The number of hydrogen-bond acceptors (Lipinski definition) is 2. The van der Waals surface area contributed by atoms with Crippen molar-refractivity contribution in [2.45, 2.75) is 26.7 Å². The molecule has 1 unspecified atom stereocenters. The molecule has 0 aliphatic carbocycles. The van der Waals surface area contributed by atoms with Crippen molar-refractivity contribution < 1.29 is 4.74 Å². The second-order valence-electron chi connectivity index (χ2n) is 2.38. The van der Waals surface area contributed by atoms with Crippen molar-refractivity contribution in [3.05, 3.63) is 12.7 Å². The monoisotopic (exact) mass is 172 g/mol. The molecule has 0 saturated heterocycles. The summed E-state index contributed by atoms with van der Waals surface area (Å²) in [7, 11) is 0. The molecule has 0 amide bonds. The van der Waals surface area contributed by atoms with Crippen molar-refractivity contribution in [1.82, 2.24) is 0 Å². The summed E-state index contributed by atoms with van der Waals surface area (Å²) in [6, 6.07) is 0. The Morgan fingerprint density at radius 3 is 2.64 bits per heavy atom. The molecule has 0 aromatic rings. The summed E-state index contributed by atoms with van der Waals surface area (Å²) in [6.45, 7) is 8.41. The van der Waals surface area contributed by atoms with Crippen LogP contribution in [-0.4, -0.2) is 11.7 Å². The molecule has 0 aliphatic heterocycles. The zero-order valence-corrected chi connectivity index (χ0v) is 8.12. The Morgan fingerprint density at radius 1 is 1.64 bits per heavy atom. The predicted molar refractivity (Wildman–Crippen MR) is 52.8 cm³/mol. The van der Waals surface area contributed by atoms with Crippen LogP contribution in [0, 0.1) is 5.92 Å². The average Bonchev–Trinajstić information content (AvgIpc) is 2.00. The fourth-order valence-electron chi connectivity index (χ4n) is 0.891. The van der Waals surface area contributed by atoms with Gasteiger partial charge < -0.3 is 4.74 Å². The lowest BCUT2D eigenvalue weighted by molar-refractivity contribution is 0.309. The maximum Gasteiger partial charge on any atom is 0.163 e. The summed E-state index contributed by atoms with van der Waals surface area (Å²) in [5, 5.41) is 0.731. The molecular formula is C9H16OS. The van der Waals surface area contributed by atoms with Crippen molar-refractivity contribution >= 4 is 17.3 Å². The van der Waals surface area contributed by atoms with Crippen LogP contribution in [0.25, 0.3) is 0 Å². The number of thiocarbonyl (C=S) groups is 1. The average molecular weight is 172 g/mol. The Labute approximate surface area is 74.4 Å². The van der Waals surface area contributed by atoms with Crippen LogP contribution in [0.5, 0.6) is 0 Å². The molecule has 0 N–H and O–H groups in total. The van der Waals surface area contributed by atoms with Crippen LogP contribution in [0.4, 0.5) is 0 Å². The van der Waals surface area contributed by atoms with Crippen molar-refractivity contribution in [3.63, 3.8) is 0 Å². The van der Waals surface area contributed by atoms with Crippen LogP contribution in [0.15, 0.2) is 12.7 Å². The number of allylic oxidation sites excluding steroid dienone is 1. The van der Waals surface area contributed by atoms with Crippen molar-refractivity contribution in [2.24, 2.45) is 5.92 Å². The molecule has 0 aromatic heterocycles. The first-order valence-electron chi connectivity index (χ1n) is 4.03. The van der Waals surface area contributed by atoms with E-state index in [1.807, 2.05) is 13.0 Å². The summed E-state index contributed by atoms with van der Waals surface area (Å²) in [5.74, 6) is 0.377. The van der Waals surface area contributed by atoms with Crippen LogP contribution in [0.3, 0.4) is 0 Å². The van der Waals surface area contributed by atoms with Gasteiger partial charge in [0.05, 0.1) is 6.61 Å². The van der Waals surface area contributed by atoms with Crippen LogP contribution in [-0.2, 0) is 4.74 Å². The molecule has 0 saturated carbocycles. The summed E-state index contributed by atoms with van der Waals surface area (Å²) < 4.78 is 5.23. The Hall–Kier alpha value is -0.370. The van der Waals surface area contributed by atoms with Gasteiger partial charge >= 0.3 is 0 Å². The van der Waals surface area contributed by atoms with E-state index in [9.17, 15) is 0 Å². The standard InChI is InChI=1S/C9H16OS/c1-4-7-8(5-2)9(11)10-6-3/h4,8H,1,5-7H2,2-3H3. The van der Waals surface area contributed by atoms with E-state index in [1.54, 1.807) is 0 Å². The highest BCUT2D eigenvalue weighted by Crippen LogP contribution is 2.12.